The molecule has 1 saturated heterocycles. The molecule has 1 fully saturated rings. The number of benzene rings is 1. The van der Waals surface area contributed by atoms with E-state index in [1.165, 1.54) is 24.5 Å². The van der Waals surface area contributed by atoms with Gasteiger partial charge >= 0.3 is 6.18 Å². The molecule has 2 aliphatic heterocycles. The van der Waals surface area contributed by atoms with Crippen molar-refractivity contribution in [3.63, 3.8) is 0 Å². The van der Waals surface area contributed by atoms with Crippen LogP contribution in [0.4, 0.5) is 13.2 Å². The van der Waals surface area contributed by atoms with Crippen LogP contribution in [0.25, 0.3) is 0 Å². The molecule has 0 radical (unpaired) electrons. The number of alkyl halides is 3. The quantitative estimate of drug-likeness (QED) is 0.711. The number of piperidine rings is 1. The minimum atomic E-state index is -4.38. The predicted octanol–water partition coefficient (Wildman–Crippen LogP) is 4.09. The Balaban J connectivity index is 1.45. The summed E-state index contributed by atoms with van der Waals surface area (Å²) in [6, 6.07) is 5.71. The van der Waals surface area contributed by atoms with Gasteiger partial charge in [-0.2, -0.15) is 17.5 Å². The zero-order valence-corrected chi connectivity index (χ0v) is 17.4. The lowest BCUT2D eigenvalue weighted by Gasteiger charge is -2.33. The van der Waals surface area contributed by atoms with E-state index in [9.17, 15) is 22.8 Å². The molecule has 2 amide bonds. The van der Waals surface area contributed by atoms with Crippen LogP contribution in [0.1, 0.15) is 57.7 Å². The second-order valence-corrected chi connectivity index (χ2v) is 8.63. The van der Waals surface area contributed by atoms with Gasteiger partial charge < -0.3 is 9.80 Å². The first-order valence-electron chi connectivity index (χ1n) is 9.94. The highest BCUT2D eigenvalue weighted by atomic mass is 32.1. The summed E-state index contributed by atoms with van der Waals surface area (Å²) in [4.78, 5) is 29.0. The summed E-state index contributed by atoms with van der Waals surface area (Å²) < 4.78 is 44.4. The summed E-state index contributed by atoms with van der Waals surface area (Å²) in [6.07, 6.45) is -2.80. The van der Waals surface area contributed by atoms with E-state index >= 15 is 0 Å². The summed E-state index contributed by atoms with van der Waals surface area (Å²) in [6.45, 7) is 3.38. The minimum absolute atomic E-state index is 0.00290. The van der Waals surface area contributed by atoms with Gasteiger partial charge in [0.25, 0.3) is 5.91 Å². The van der Waals surface area contributed by atoms with Crippen molar-refractivity contribution in [2.24, 2.45) is 0 Å². The molecule has 0 N–H and O–H groups in total. The van der Waals surface area contributed by atoms with Crippen LogP contribution in [0, 0.1) is 0 Å². The van der Waals surface area contributed by atoms with Crippen LogP contribution >= 0.6 is 11.5 Å². The van der Waals surface area contributed by atoms with Gasteiger partial charge in [0.15, 0.2) is 0 Å². The zero-order valence-electron chi connectivity index (χ0n) is 16.5. The topological polar surface area (TPSA) is 53.5 Å². The van der Waals surface area contributed by atoms with Gasteiger partial charge in [-0.05, 0) is 48.3 Å². The largest absolute Gasteiger partial charge is 0.416 e. The van der Waals surface area contributed by atoms with E-state index in [2.05, 4.69) is 4.37 Å². The molecule has 4 rings (SSSR count). The lowest BCUT2D eigenvalue weighted by Crippen LogP contribution is -2.39. The average Bonchev–Trinajstić information content (AvgIpc) is 3.16. The highest BCUT2D eigenvalue weighted by molar-refractivity contribution is 7.06. The van der Waals surface area contributed by atoms with Crippen LogP contribution in [0.3, 0.4) is 0 Å². The van der Waals surface area contributed by atoms with E-state index in [1.807, 2.05) is 0 Å². The Hall–Kier alpha value is -2.42. The van der Waals surface area contributed by atoms with E-state index in [4.69, 9.17) is 0 Å². The maximum Gasteiger partial charge on any atom is 0.416 e. The van der Waals surface area contributed by atoms with Gasteiger partial charge in [0.2, 0.25) is 5.91 Å². The molecule has 0 aliphatic carbocycles. The number of rotatable bonds is 2. The molecule has 30 heavy (non-hydrogen) atoms. The number of carbonyl (C=O) groups excluding carboxylic acids is 2. The smallest absolute Gasteiger partial charge is 0.337 e. The first-order chi connectivity index (χ1) is 14.3. The molecular weight excluding hydrogens is 415 g/mol. The summed E-state index contributed by atoms with van der Waals surface area (Å²) in [5, 5.41) is 0. The maximum absolute atomic E-state index is 13.3. The molecule has 0 spiro atoms. The van der Waals surface area contributed by atoms with Gasteiger partial charge in [-0.3, -0.25) is 9.59 Å². The fraction of sp³-hybridized carbons (Fsp3) is 0.476. The Labute approximate surface area is 176 Å². The summed E-state index contributed by atoms with van der Waals surface area (Å²) >= 11 is 1.25. The third-order valence-corrected chi connectivity index (χ3v) is 6.84. The number of likely N-dealkylation sites (tertiary alicyclic amines) is 1. The molecular formula is C21H22F3N3O2S. The van der Waals surface area contributed by atoms with Crippen molar-refractivity contribution in [1.82, 2.24) is 14.2 Å². The van der Waals surface area contributed by atoms with E-state index in [1.54, 1.807) is 21.9 Å². The van der Waals surface area contributed by atoms with Crippen LogP contribution < -0.4 is 0 Å². The van der Waals surface area contributed by atoms with Crippen molar-refractivity contribution in [2.45, 2.75) is 44.8 Å². The Morgan fingerprint density at radius 1 is 1.10 bits per heavy atom. The van der Waals surface area contributed by atoms with E-state index in [0.29, 0.717) is 56.7 Å². The summed E-state index contributed by atoms with van der Waals surface area (Å²) in [5.41, 5.74) is 1.07. The highest BCUT2D eigenvalue weighted by Crippen LogP contribution is 2.39. The number of halogens is 3. The Morgan fingerprint density at radius 3 is 2.47 bits per heavy atom. The second-order valence-electron chi connectivity index (χ2n) is 7.77. The van der Waals surface area contributed by atoms with Crippen molar-refractivity contribution < 1.29 is 22.8 Å². The van der Waals surface area contributed by atoms with Crippen LogP contribution in [0.5, 0.6) is 0 Å². The first kappa shape index (κ1) is 20.8. The van der Waals surface area contributed by atoms with Gasteiger partial charge in [-0.15, -0.1) is 0 Å². The Morgan fingerprint density at radius 2 is 1.80 bits per heavy atom. The fourth-order valence-corrected chi connectivity index (χ4v) is 5.23. The zero-order chi connectivity index (χ0) is 21.5. The van der Waals surface area contributed by atoms with Crippen molar-refractivity contribution in [1.29, 1.82) is 0 Å². The second kappa shape index (κ2) is 8.02. The monoisotopic (exact) mass is 437 g/mol. The molecule has 0 unspecified atom stereocenters. The fourth-order valence-electron chi connectivity index (χ4n) is 4.32. The summed E-state index contributed by atoms with van der Waals surface area (Å²) in [7, 11) is 0. The van der Waals surface area contributed by atoms with E-state index < -0.39 is 11.7 Å². The molecule has 9 heteroatoms. The van der Waals surface area contributed by atoms with Crippen LogP contribution in [0.15, 0.2) is 24.3 Å². The minimum Gasteiger partial charge on any atom is -0.337 e. The Kier molecular flexibility index (Phi) is 5.57. The molecule has 2 aliphatic rings. The Bertz CT molecular complexity index is 965. The van der Waals surface area contributed by atoms with Gasteiger partial charge in [0.05, 0.1) is 12.1 Å². The van der Waals surface area contributed by atoms with Crippen LogP contribution in [-0.4, -0.2) is 45.6 Å². The number of aromatic nitrogens is 1. The molecule has 0 saturated carbocycles. The molecule has 1 aromatic heterocycles. The standard InChI is InChI=1S/C21H22F3N3O2S/c1-13(28)27-11-8-16-18(12-27)30-25-19(16)20(29)26-9-6-14(7-10-26)15-4-2-3-5-17(15)21(22,23)24/h2-5,14H,6-12H2,1H3. The van der Waals surface area contributed by atoms with Gasteiger partial charge in [0, 0.05) is 37.0 Å². The molecule has 5 nitrogen and oxygen atoms in total. The van der Waals surface area contributed by atoms with Gasteiger partial charge in [0.1, 0.15) is 5.69 Å². The molecule has 0 bridgehead atoms. The molecule has 1 aromatic carbocycles. The van der Waals surface area contributed by atoms with Crippen molar-refractivity contribution in [2.75, 3.05) is 19.6 Å². The number of nitrogens with zero attached hydrogens (tertiary/aromatic N) is 3. The molecule has 0 atom stereocenters. The van der Waals surface area contributed by atoms with E-state index in [-0.39, 0.29) is 17.7 Å². The lowest BCUT2D eigenvalue weighted by molar-refractivity contribution is -0.138. The van der Waals surface area contributed by atoms with Crippen LogP contribution in [-0.2, 0) is 23.9 Å². The maximum atomic E-state index is 13.3. The van der Waals surface area contributed by atoms with Crippen LogP contribution in [0.2, 0.25) is 0 Å². The molecule has 160 valence electrons. The van der Waals surface area contributed by atoms with Crippen molar-refractivity contribution in [3.8, 4) is 0 Å². The number of fused-ring (bicyclic) bond motifs is 1. The van der Waals surface area contributed by atoms with E-state index in [0.717, 1.165) is 16.5 Å². The summed E-state index contributed by atoms with van der Waals surface area (Å²) in [5.74, 6) is -0.380. The van der Waals surface area contributed by atoms with Crippen molar-refractivity contribution in [3.05, 3.63) is 51.5 Å². The third kappa shape index (κ3) is 3.95. The molecule has 3 heterocycles. The van der Waals surface area contributed by atoms with Crippen molar-refractivity contribution >= 4 is 23.3 Å². The first-order valence-corrected chi connectivity index (χ1v) is 10.7. The van der Waals surface area contributed by atoms with Gasteiger partial charge in [-0.1, -0.05) is 18.2 Å². The highest BCUT2D eigenvalue weighted by Gasteiger charge is 2.37. The number of amides is 2. The SMILES string of the molecule is CC(=O)N1CCc2c(C(=O)N3CCC(c4ccccc4C(F)(F)F)CC3)nsc2C1. The lowest BCUT2D eigenvalue weighted by atomic mass is 9.86. The normalized spacial score (nSPS) is 17.7. The number of hydrogen-bond acceptors (Lipinski definition) is 4. The van der Waals surface area contributed by atoms with Gasteiger partial charge in [-0.25, -0.2) is 0 Å². The third-order valence-electron chi connectivity index (χ3n) is 5.97. The average molecular weight is 437 g/mol. The number of hydrogen-bond donors (Lipinski definition) is 0. The molecule has 2 aromatic rings. The number of carbonyl (C=O) groups is 2. The predicted molar refractivity (Wildman–Crippen MR) is 106 cm³/mol.